The number of carbonyl (C=O) groups excluding carboxylic acids is 1. The molecule has 10 nitrogen and oxygen atoms in total. The second-order valence-electron chi connectivity index (χ2n) is 5.50. The molecule has 9 N–H and O–H groups in total. The lowest BCUT2D eigenvalue weighted by Gasteiger charge is -2.17. The molecule has 0 aliphatic carbocycles. The first-order chi connectivity index (χ1) is 12.3. The Labute approximate surface area is 155 Å². The smallest absolute Gasteiger partial charge is 0.480 e. The van der Waals surface area contributed by atoms with E-state index in [-0.39, 0.29) is 0 Å². The van der Waals surface area contributed by atoms with Crippen LogP contribution in [-0.2, 0) is 19.7 Å². The molecule has 0 fully saturated rings. The van der Waals surface area contributed by atoms with Gasteiger partial charge in [-0.2, -0.15) is 21.6 Å². The Balaban J connectivity index is 0. The lowest BCUT2D eigenvalue weighted by atomic mass is 10.1. The van der Waals surface area contributed by atoms with Crippen LogP contribution in [0.3, 0.4) is 0 Å². The number of hydrogen-bond acceptors (Lipinski definition) is 7. The van der Waals surface area contributed by atoms with Gasteiger partial charge in [0.25, 0.3) is 0 Å². The van der Waals surface area contributed by atoms with Crippen molar-refractivity contribution in [3.05, 3.63) is 0 Å². The number of nitrogens with two attached hydrogens (primary N) is 3. The lowest BCUT2D eigenvalue weighted by Crippen LogP contribution is -2.48. The third kappa shape index (κ3) is 14.3. The van der Waals surface area contributed by atoms with E-state index in [1.165, 1.54) is 0 Å². The summed E-state index contributed by atoms with van der Waals surface area (Å²) in [5.74, 6) is -1.46. The van der Waals surface area contributed by atoms with Gasteiger partial charge >= 0.3 is 21.6 Å². The van der Waals surface area contributed by atoms with Crippen molar-refractivity contribution in [2.45, 2.75) is 56.1 Å². The molecule has 2 atom stereocenters. The molecule has 0 heterocycles. The molecule has 0 radical (unpaired) electrons. The molecule has 0 saturated carbocycles. The number of amides is 1. The fourth-order valence-corrected chi connectivity index (χ4v) is 1.67. The molecule has 0 aliphatic heterocycles. The second kappa shape index (κ2) is 13.7. The van der Waals surface area contributed by atoms with Crippen LogP contribution in [0.4, 0.5) is 13.2 Å². The minimum absolute atomic E-state index is 0.369. The van der Waals surface area contributed by atoms with Crippen LogP contribution in [0.15, 0.2) is 0 Å². The van der Waals surface area contributed by atoms with Gasteiger partial charge in [0.1, 0.15) is 6.04 Å². The van der Waals surface area contributed by atoms with E-state index in [4.69, 9.17) is 35.3 Å². The Morgan fingerprint density at radius 3 is 1.74 bits per heavy atom. The minimum Gasteiger partial charge on any atom is -0.480 e. The summed E-state index contributed by atoms with van der Waals surface area (Å²) in [6.45, 7) is 1.07. The van der Waals surface area contributed by atoms with Crippen molar-refractivity contribution in [2.24, 2.45) is 17.2 Å². The molecular weight excluding hydrogens is 397 g/mol. The number of carboxylic acids is 1. The van der Waals surface area contributed by atoms with Crippen LogP contribution in [0.5, 0.6) is 0 Å². The first kappa shape index (κ1) is 27.7. The molecule has 1 amide bonds. The summed E-state index contributed by atoms with van der Waals surface area (Å²) in [6, 6.07) is -1.57. The van der Waals surface area contributed by atoms with Crippen molar-refractivity contribution in [3.63, 3.8) is 0 Å². The molecule has 0 saturated heterocycles. The van der Waals surface area contributed by atoms with Gasteiger partial charge in [-0.25, -0.2) is 4.79 Å². The van der Waals surface area contributed by atoms with Crippen molar-refractivity contribution in [1.82, 2.24) is 5.32 Å². The van der Waals surface area contributed by atoms with E-state index in [0.29, 0.717) is 32.4 Å². The molecule has 27 heavy (non-hydrogen) atoms. The number of unbranched alkanes of at least 4 members (excludes halogenated alkanes) is 2. The summed E-state index contributed by atoms with van der Waals surface area (Å²) in [4.78, 5) is 22.7. The van der Waals surface area contributed by atoms with E-state index in [2.05, 4.69) is 5.32 Å². The summed E-state index contributed by atoms with van der Waals surface area (Å²) in [7, 11) is -5.84. The number of carbonyl (C=O) groups is 2. The molecule has 0 aliphatic rings. The van der Waals surface area contributed by atoms with Crippen molar-refractivity contribution in [3.8, 4) is 0 Å². The Hall–Kier alpha value is -1.48. The second-order valence-corrected chi connectivity index (χ2v) is 6.91. The van der Waals surface area contributed by atoms with E-state index in [0.717, 1.165) is 19.3 Å². The van der Waals surface area contributed by atoms with E-state index in [1.807, 2.05) is 0 Å². The average Bonchev–Trinajstić information content (AvgIpc) is 2.52. The SMILES string of the molecule is NCCCCC(N)C(=O)NC(CCCCN)C(=O)O.O=S(=O)(O)C(F)(F)F. The first-order valence-corrected chi connectivity index (χ1v) is 9.44. The van der Waals surface area contributed by atoms with Crippen molar-refractivity contribution in [1.29, 1.82) is 0 Å². The van der Waals surface area contributed by atoms with Gasteiger partial charge < -0.3 is 27.6 Å². The molecule has 0 aromatic carbocycles. The van der Waals surface area contributed by atoms with Gasteiger partial charge in [-0.3, -0.25) is 9.35 Å². The number of rotatable bonds is 11. The fourth-order valence-electron chi connectivity index (χ4n) is 1.67. The molecule has 0 spiro atoms. The highest BCUT2D eigenvalue weighted by Crippen LogP contribution is 2.20. The molecule has 0 aromatic rings. The maximum atomic E-state index is 11.7. The van der Waals surface area contributed by atoms with E-state index in [1.54, 1.807) is 0 Å². The normalized spacial score (nSPS) is 13.9. The Morgan fingerprint density at radius 2 is 1.41 bits per heavy atom. The maximum absolute atomic E-state index is 11.7. The molecule has 0 bridgehead atoms. The summed E-state index contributed by atoms with van der Waals surface area (Å²) < 4.78 is 57.5. The minimum atomic E-state index is -5.84. The zero-order valence-corrected chi connectivity index (χ0v) is 15.4. The highest BCUT2D eigenvalue weighted by Gasteiger charge is 2.44. The molecule has 162 valence electrons. The molecule has 0 rings (SSSR count). The van der Waals surface area contributed by atoms with Gasteiger partial charge in [0, 0.05) is 0 Å². The average molecular weight is 424 g/mol. The summed E-state index contributed by atoms with van der Waals surface area (Å²) in [5, 5.41) is 11.5. The number of hydrogen-bond donors (Lipinski definition) is 6. The zero-order chi connectivity index (χ0) is 21.7. The molecule has 14 heteroatoms. The van der Waals surface area contributed by atoms with E-state index in [9.17, 15) is 22.8 Å². The van der Waals surface area contributed by atoms with Gasteiger partial charge in [0.2, 0.25) is 5.91 Å². The number of aliphatic carboxylic acids is 1. The summed E-state index contributed by atoms with van der Waals surface area (Å²) in [6.07, 6.45) is 3.85. The largest absolute Gasteiger partial charge is 0.522 e. The van der Waals surface area contributed by atoms with Crippen molar-refractivity contribution < 1.29 is 40.8 Å². The van der Waals surface area contributed by atoms with Gasteiger partial charge in [-0.05, 0) is 45.2 Å². The van der Waals surface area contributed by atoms with Gasteiger partial charge in [-0.15, -0.1) is 0 Å². The topological polar surface area (TPSA) is 199 Å². The number of alkyl halides is 3. The van der Waals surface area contributed by atoms with Crippen LogP contribution in [0.2, 0.25) is 0 Å². The van der Waals surface area contributed by atoms with Crippen LogP contribution in [0.1, 0.15) is 38.5 Å². The predicted octanol–water partition coefficient (Wildman–Crippen LogP) is -0.465. The van der Waals surface area contributed by atoms with Crippen molar-refractivity contribution in [2.75, 3.05) is 13.1 Å². The molecule has 2 unspecified atom stereocenters. The fraction of sp³-hybridized carbons (Fsp3) is 0.846. The van der Waals surface area contributed by atoms with Crippen LogP contribution < -0.4 is 22.5 Å². The monoisotopic (exact) mass is 424 g/mol. The van der Waals surface area contributed by atoms with Gasteiger partial charge in [-0.1, -0.05) is 6.42 Å². The van der Waals surface area contributed by atoms with E-state index >= 15 is 0 Å². The third-order valence-electron chi connectivity index (χ3n) is 3.16. The van der Waals surface area contributed by atoms with E-state index < -0.39 is 39.6 Å². The van der Waals surface area contributed by atoms with Gasteiger partial charge in [0.15, 0.2) is 0 Å². The first-order valence-electron chi connectivity index (χ1n) is 8.00. The summed E-state index contributed by atoms with van der Waals surface area (Å²) in [5.41, 5.74) is 10.9. The standard InChI is InChI=1S/C12H26N4O3.CHF3O3S/c13-7-3-1-5-9(15)11(17)16-10(12(18)19)6-2-4-8-14;2-1(3,4)8(5,6)7/h9-10H,1-8,13-15H2,(H,16,17)(H,18,19);(H,5,6,7). The van der Waals surface area contributed by atoms with Crippen LogP contribution in [0.25, 0.3) is 0 Å². The number of carboxylic acid groups (broad SMARTS) is 1. The number of nitrogens with one attached hydrogen (secondary N) is 1. The quantitative estimate of drug-likeness (QED) is 0.144. The number of halogens is 3. The highest BCUT2D eigenvalue weighted by molar-refractivity contribution is 7.86. The lowest BCUT2D eigenvalue weighted by molar-refractivity contribution is -0.142. The Bertz CT molecular complexity index is 545. The zero-order valence-electron chi connectivity index (χ0n) is 14.6. The highest BCUT2D eigenvalue weighted by atomic mass is 32.2. The van der Waals surface area contributed by atoms with Gasteiger partial charge in [0.05, 0.1) is 6.04 Å². The Morgan fingerprint density at radius 1 is 1.00 bits per heavy atom. The maximum Gasteiger partial charge on any atom is 0.522 e. The van der Waals surface area contributed by atoms with Crippen LogP contribution in [-0.4, -0.2) is 60.6 Å². The van der Waals surface area contributed by atoms with Crippen LogP contribution >= 0.6 is 0 Å². The predicted molar refractivity (Wildman–Crippen MR) is 91.0 cm³/mol. The third-order valence-corrected chi connectivity index (χ3v) is 3.75. The molecular formula is C13H27F3N4O6S. The molecule has 0 aromatic heterocycles. The van der Waals surface area contributed by atoms with Crippen LogP contribution in [0, 0.1) is 0 Å². The summed E-state index contributed by atoms with van der Waals surface area (Å²) >= 11 is 0. The Kier molecular flexibility index (Phi) is 14.0. The van der Waals surface area contributed by atoms with Crippen molar-refractivity contribution >= 4 is 22.0 Å².